The summed E-state index contributed by atoms with van der Waals surface area (Å²) in [6.45, 7) is 4.98. The minimum Gasteiger partial charge on any atom is -0.390 e. The van der Waals surface area contributed by atoms with E-state index in [0.29, 0.717) is 12.6 Å². The third-order valence-corrected chi connectivity index (χ3v) is 5.26. The molecule has 2 heterocycles. The van der Waals surface area contributed by atoms with Crippen LogP contribution in [0.5, 0.6) is 0 Å². The first kappa shape index (κ1) is 14.1. The molecular weight excluding hydrogens is 250 g/mol. The number of rotatable bonds is 4. The second-order valence-electron chi connectivity index (χ2n) is 6.66. The standard InChI is InChI=1S/C16H27N3O/c1-13-7-10-18(16-6-3-2-5-15(13)16)11-14(20)12-19-9-4-8-17-19/h4,8-9,13-16,20H,2-3,5-7,10-12H2,1H3/t13-,14+,15+,16+/m1/s1. The number of piperidine rings is 1. The maximum absolute atomic E-state index is 10.3. The van der Waals surface area contributed by atoms with E-state index in [0.717, 1.165) is 24.9 Å². The van der Waals surface area contributed by atoms with Gasteiger partial charge in [0.05, 0.1) is 12.6 Å². The van der Waals surface area contributed by atoms with Crippen molar-refractivity contribution in [3.05, 3.63) is 18.5 Å². The Labute approximate surface area is 121 Å². The zero-order valence-electron chi connectivity index (χ0n) is 12.5. The van der Waals surface area contributed by atoms with Crippen molar-refractivity contribution in [1.82, 2.24) is 14.7 Å². The molecule has 0 aromatic carbocycles. The Bertz CT molecular complexity index is 406. The van der Waals surface area contributed by atoms with Gasteiger partial charge in [-0.3, -0.25) is 9.58 Å². The van der Waals surface area contributed by atoms with Crippen LogP contribution in [0.1, 0.15) is 39.0 Å². The van der Waals surface area contributed by atoms with Crippen molar-refractivity contribution < 1.29 is 5.11 Å². The average Bonchev–Trinajstić information content (AvgIpc) is 2.95. The van der Waals surface area contributed by atoms with Crippen molar-refractivity contribution in [2.75, 3.05) is 13.1 Å². The molecule has 3 rings (SSSR count). The van der Waals surface area contributed by atoms with Crippen LogP contribution in [0.25, 0.3) is 0 Å². The first-order valence-electron chi connectivity index (χ1n) is 8.13. The molecule has 1 saturated heterocycles. The summed E-state index contributed by atoms with van der Waals surface area (Å²) in [6.07, 6.45) is 10.1. The van der Waals surface area contributed by atoms with E-state index in [1.807, 2.05) is 16.9 Å². The number of hydrogen-bond donors (Lipinski definition) is 1. The van der Waals surface area contributed by atoms with Crippen molar-refractivity contribution in [1.29, 1.82) is 0 Å². The maximum Gasteiger partial charge on any atom is 0.0862 e. The molecule has 1 aromatic rings. The largest absolute Gasteiger partial charge is 0.390 e. The SMILES string of the molecule is C[C@@H]1CCN(C[C@H](O)Cn2cccn2)[C@H]2CCCC[C@@H]12. The highest BCUT2D eigenvalue weighted by molar-refractivity contribution is 4.91. The molecule has 1 aromatic heterocycles. The highest BCUT2D eigenvalue weighted by Crippen LogP contribution is 2.38. The number of fused-ring (bicyclic) bond motifs is 1. The fourth-order valence-corrected chi connectivity index (χ4v) is 4.19. The van der Waals surface area contributed by atoms with E-state index < -0.39 is 0 Å². The quantitative estimate of drug-likeness (QED) is 0.917. The Morgan fingerprint density at radius 1 is 1.25 bits per heavy atom. The molecule has 2 aliphatic rings. The average molecular weight is 277 g/mol. The predicted molar refractivity (Wildman–Crippen MR) is 79.3 cm³/mol. The molecule has 2 fully saturated rings. The summed E-state index contributed by atoms with van der Waals surface area (Å²) in [5.74, 6) is 1.72. The first-order valence-corrected chi connectivity index (χ1v) is 8.13. The van der Waals surface area contributed by atoms with Crippen LogP contribution in [0.2, 0.25) is 0 Å². The molecule has 1 N–H and O–H groups in total. The zero-order valence-corrected chi connectivity index (χ0v) is 12.5. The van der Waals surface area contributed by atoms with Crippen LogP contribution in [0.4, 0.5) is 0 Å². The summed E-state index contributed by atoms with van der Waals surface area (Å²) in [6, 6.07) is 2.62. The summed E-state index contributed by atoms with van der Waals surface area (Å²) in [5.41, 5.74) is 0. The van der Waals surface area contributed by atoms with Crippen LogP contribution >= 0.6 is 0 Å². The van der Waals surface area contributed by atoms with Gasteiger partial charge in [0, 0.05) is 25.0 Å². The highest BCUT2D eigenvalue weighted by atomic mass is 16.3. The van der Waals surface area contributed by atoms with E-state index in [1.54, 1.807) is 6.20 Å². The van der Waals surface area contributed by atoms with Crippen LogP contribution in [0.15, 0.2) is 18.5 Å². The van der Waals surface area contributed by atoms with E-state index >= 15 is 0 Å². The Balaban J connectivity index is 1.58. The topological polar surface area (TPSA) is 41.3 Å². The second kappa shape index (κ2) is 6.27. The molecule has 4 nitrogen and oxygen atoms in total. The van der Waals surface area contributed by atoms with E-state index in [-0.39, 0.29) is 6.10 Å². The number of aromatic nitrogens is 2. The first-order chi connectivity index (χ1) is 9.74. The summed E-state index contributed by atoms with van der Waals surface area (Å²) in [7, 11) is 0. The summed E-state index contributed by atoms with van der Waals surface area (Å²) in [4.78, 5) is 2.55. The van der Waals surface area contributed by atoms with Gasteiger partial charge < -0.3 is 5.11 Å². The fraction of sp³-hybridized carbons (Fsp3) is 0.812. The Kier molecular flexibility index (Phi) is 4.41. The van der Waals surface area contributed by atoms with Crippen LogP contribution in [-0.2, 0) is 6.54 Å². The lowest BCUT2D eigenvalue weighted by Gasteiger charge is -2.47. The minimum absolute atomic E-state index is 0.314. The van der Waals surface area contributed by atoms with Gasteiger partial charge in [-0.05, 0) is 43.7 Å². The molecule has 0 radical (unpaired) electrons. The van der Waals surface area contributed by atoms with Gasteiger partial charge in [0.2, 0.25) is 0 Å². The van der Waals surface area contributed by atoms with Gasteiger partial charge in [0.1, 0.15) is 0 Å². The molecule has 0 amide bonds. The van der Waals surface area contributed by atoms with E-state index in [9.17, 15) is 5.11 Å². The molecule has 0 unspecified atom stereocenters. The van der Waals surface area contributed by atoms with Crippen LogP contribution in [0.3, 0.4) is 0 Å². The lowest BCUT2D eigenvalue weighted by molar-refractivity contribution is -0.00726. The predicted octanol–water partition coefficient (Wildman–Crippen LogP) is 2.14. The van der Waals surface area contributed by atoms with Gasteiger partial charge in [0.25, 0.3) is 0 Å². The molecule has 4 atom stereocenters. The molecule has 20 heavy (non-hydrogen) atoms. The van der Waals surface area contributed by atoms with Crippen molar-refractivity contribution in [3.8, 4) is 0 Å². The van der Waals surface area contributed by atoms with Gasteiger partial charge in [-0.15, -0.1) is 0 Å². The number of β-amino-alcohol motifs (C(OH)–C–C–N with tert-alkyl or cyclic N) is 1. The molecule has 0 spiro atoms. The zero-order chi connectivity index (χ0) is 13.9. The van der Waals surface area contributed by atoms with Gasteiger partial charge in [-0.1, -0.05) is 19.8 Å². The van der Waals surface area contributed by atoms with Crippen LogP contribution < -0.4 is 0 Å². The third-order valence-electron chi connectivity index (χ3n) is 5.26. The lowest BCUT2D eigenvalue weighted by atomic mass is 9.72. The van der Waals surface area contributed by atoms with Crippen molar-refractivity contribution >= 4 is 0 Å². The van der Waals surface area contributed by atoms with Gasteiger partial charge in [-0.25, -0.2) is 0 Å². The smallest absolute Gasteiger partial charge is 0.0862 e. The third kappa shape index (κ3) is 3.07. The molecular formula is C16H27N3O. The van der Waals surface area contributed by atoms with Crippen molar-refractivity contribution in [3.63, 3.8) is 0 Å². The molecule has 112 valence electrons. The summed E-state index contributed by atoms with van der Waals surface area (Å²) < 4.78 is 1.83. The van der Waals surface area contributed by atoms with E-state index in [1.165, 1.54) is 32.1 Å². The number of aliphatic hydroxyl groups is 1. The Morgan fingerprint density at radius 3 is 2.90 bits per heavy atom. The van der Waals surface area contributed by atoms with Gasteiger partial charge in [-0.2, -0.15) is 5.10 Å². The Morgan fingerprint density at radius 2 is 2.10 bits per heavy atom. The normalized spacial score (nSPS) is 32.8. The van der Waals surface area contributed by atoms with E-state index in [2.05, 4.69) is 16.9 Å². The maximum atomic E-state index is 10.3. The minimum atomic E-state index is -0.314. The monoisotopic (exact) mass is 277 g/mol. The number of nitrogens with zero attached hydrogens (tertiary/aromatic N) is 3. The summed E-state index contributed by atoms with van der Waals surface area (Å²) >= 11 is 0. The highest BCUT2D eigenvalue weighted by Gasteiger charge is 2.37. The fourth-order valence-electron chi connectivity index (χ4n) is 4.19. The van der Waals surface area contributed by atoms with Crippen LogP contribution in [-0.4, -0.2) is 45.0 Å². The summed E-state index contributed by atoms with van der Waals surface area (Å²) in [5, 5.41) is 14.5. The van der Waals surface area contributed by atoms with E-state index in [4.69, 9.17) is 0 Å². The number of likely N-dealkylation sites (tertiary alicyclic amines) is 1. The number of hydrogen-bond acceptors (Lipinski definition) is 3. The number of aliphatic hydroxyl groups excluding tert-OH is 1. The molecule has 1 saturated carbocycles. The molecule has 1 aliphatic heterocycles. The lowest BCUT2D eigenvalue weighted by Crippen LogP contribution is -2.52. The second-order valence-corrected chi connectivity index (χ2v) is 6.66. The Hall–Kier alpha value is -0.870. The molecule has 4 heteroatoms. The van der Waals surface area contributed by atoms with Crippen LogP contribution in [0, 0.1) is 11.8 Å². The molecule has 0 bridgehead atoms. The van der Waals surface area contributed by atoms with Gasteiger partial charge in [0.15, 0.2) is 0 Å². The molecule has 1 aliphatic carbocycles. The van der Waals surface area contributed by atoms with Crippen molar-refractivity contribution in [2.24, 2.45) is 11.8 Å². The van der Waals surface area contributed by atoms with Gasteiger partial charge >= 0.3 is 0 Å². The van der Waals surface area contributed by atoms with Crippen molar-refractivity contribution in [2.45, 2.75) is 57.7 Å².